The first-order valence-electron chi connectivity index (χ1n) is 4.34. The highest BCUT2D eigenvalue weighted by Gasteiger charge is 2.25. The first kappa shape index (κ1) is 7.59. The Hall–Kier alpha value is -1.05. The molecule has 2 nitrogen and oxygen atoms in total. The van der Waals surface area contributed by atoms with Crippen LogP contribution < -0.4 is 0 Å². The predicted molar refractivity (Wildman–Crippen MR) is 45.1 cm³/mol. The summed E-state index contributed by atoms with van der Waals surface area (Å²) in [5.41, 5.74) is 0.736. The number of aryl methyl sites for hydroxylation is 1. The Morgan fingerprint density at radius 2 is 2.42 bits per heavy atom. The second-order valence-electron chi connectivity index (χ2n) is 3.52. The summed E-state index contributed by atoms with van der Waals surface area (Å²) < 4.78 is 5.07. The van der Waals surface area contributed by atoms with E-state index in [2.05, 4.69) is 0 Å². The predicted octanol–water partition coefficient (Wildman–Crippen LogP) is 2.57. The minimum Gasteiger partial charge on any atom is -0.469 e. The third-order valence-electron chi connectivity index (χ3n) is 2.22. The third-order valence-corrected chi connectivity index (χ3v) is 2.22. The van der Waals surface area contributed by atoms with Crippen LogP contribution in [0, 0.1) is 12.8 Å². The fraction of sp³-hybridized carbons (Fsp3) is 0.500. The molecule has 1 aromatic rings. The normalized spacial score (nSPS) is 16.4. The molecule has 0 unspecified atom stereocenters. The number of carbonyl (C=O) groups excluding carboxylic acids is 1. The molecule has 0 saturated heterocycles. The molecule has 0 aliphatic heterocycles. The second-order valence-corrected chi connectivity index (χ2v) is 3.52. The number of hydrogen-bond donors (Lipinski definition) is 0. The molecule has 0 aromatic carbocycles. The molecule has 1 saturated carbocycles. The van der Waals surface area contributed by atoms with E-state index in [1.165, 1.54) is 12.8 Å². The Morgan fingerprint density at radius 3 is 2.92 bits per heavy atom. The quantitative estimate of drug-likeness (QED) is 0.643. The van der Waals surface area contributed by atoms with Gasteiger partial charge in [-0.05, 0) is 31.7 Å². The molecule has 0 spiro atoms. The zero-order valence-electron chi connectivity index (χ0n) is 7.17. The van der Waals surface area contributed by atoms with Crippen molar-refractivity contribution in [1.29, 1.82) is 0 Å². The van der Waals surface area contributed by atoms with Crippen molar-refractivity contribution in [2.24, 2.45) is 5.92 Å². The third kappa shape index (κ3) is 1.58. The van der Waals surface area contributed by atoms with Gasteiger partial charge in [0.1, 0.15) is 12.0 Å². The second kappa shape index (κ2) is 2.77. The summed E-state index contributed by atoms with van der Waals surface area (Å²) in [4.78, 5) is 11.4. The highest BCUT2D eigenvalue weighted by atomic mass is 16.3. The number of Topliss-reactive ketones (excluding diaryl/α,β-unsaturated/α-hetero) is 1. The van der Waals surface area contributed by atoms with Gasteiger partial charge in [-0.25, -0.2) is 0 Å². The average Bonchev–Trinajstić information content (AvgIpc) is 2.72. The highest BCUT2D eigenvalue weighted by Crippen LogP contribution is 2.33. The number of ketones is 1. The molecule has 0 radical (unpaired) electrons. The molecular formula is C10H12O2. The molecule has 1 fully saturated rings. The van der Waals surface area contributed by atoms with Crippen molar-refractivity contribution in [2.45, 2.75) is 26.2 Å². The maximum atomic E-state index is 11.4. The monoisotopic (exact) mass is 164 g/mol. The van der Waals surface area contributed by atoms with E-state index >= 15 is 0 Å². The van der Waals surface area contributed by atoms with Gasteiger partial charge in [0.2, 0.25) is 0 Å². The molecule has 64 valence electrons. The molecule has 1 aromatic heterocycles. The van der Waals surface area contributed by atoms with Crippen molar-refractivity contribution in [3.63, 3.8) is 0 Å². The lowest BCUT2D eigenvalue weighted by Crippen LogP contribution is -1.97. The first-order valence-corrected chi connectivity index (χ1v) is 4.34. The van der Waals surface area contributed by atoms with Crippen LogP contribution in [0.3, 0.4) is 0 Å². The fourth-order valence-electron chi connectivity index (χ4n) is 1.29. The van der Waals surface area contributed by atoms with Crippen LogP contribution in [-0.2, 0) is 0 Å². The van der Waals surface area contributed by atoms with Gasteiger partial charge in [-0.15, -0.1) is 0 Å². The SMILES string of the molecule is Cc1cc(C(=O)CC2CC2)co1. The standard InChI is InChI=1S/C10H12O2/c1-7-4-9(6-12-7)10(11)5-8-2-3-8/h4,6,8H,2-3,5H2,1H3. The zero-order chi connectivity index (χ0) is 8.55. The Morgan fingerprint density at radius 1 is 1.67 bits per heavy atom. The maximum Gasteiger partial charge on any atom is 0.166 e. The Kier molecular flexibility index (Phi) is 1.75. The summed E-state index contributed by atoms with van der Waals surface area (Å²) in [5.74, 6) is 1.70. The van der Waals surface area contributed by atoms with Crippen LogP contribution in [0.25, 0.3) is 0 Å². The lowest BCUT2D eigenvalue weighted by atomic mass is 10.1. The minimum absolute atomic E-state index is 0.231. The van der Waals surface area contributed by atoms with Gasteiger partial charge < -0.3 is 4.42 Å². The summed E-state index contributed by atoms with van der Waals surface area (Å²) in [6.45, 7) is 1.86. The molecule has 2 rings (SSSR count). The summed E-state index contributed by atoms with van der Waals surface area (Å²) in [6, 6.07) is 1.81. The van der Waals surface area contributed by atoms with Gasteiger partial charge in [-0.1, -0.05) is 0 Å². The molecule has 1 heterocycles. The molecule has 1 aliphatic rings. The Labute approximate surface area is 71.6 Å². The van der Waals surface area contributed by atoms with Crippen LogP contribution in [0.4, 0.5) is 0 Å². The summed E-state index contributed by atoms with van der Waals surface area (Å²) >= 11 is 0. The largest absolute Gasteiger partial charge is 0.469 e. The molecule has 12 heavy (non-hydrogen) atoms. The number of furan rings is 1. The van der Waals surface area contributed by atoms with E-state index in [9.17, 15) is 4.79 Å². The van der Waals surface area contributed by atoms with Gasteiger partial charge in [0, 0.05) is 6.42 Å². The summed E-state index contributed by atoms with van der Waals surface area (Å²) in [6.07, 6.45) is 4.71. The molecule has 0 N–H and O–H groups in total. The Balaban J connectivity index is 2.03. The van der Waals surface area contributed by atoms with E-state index < -0.39 is 0 Å². The minimum atomic E-state index is 0.231. The van der Waals surface area contributed by atoms with Crippen LogP contribution in [0.2, 0.25) is 0 Å². The number of hydrogen-bond acceptors (Lipinski definition) is 2. The molecular weight excluding hydrogens is 152 g/mol. The Bertz CT molecular complexity index is 295. The van der Waals surface area contributed by atoms with Crippen molar-refractivity contribution in [1.82, 2.24) is 0 Å². The zero-order valence-corrected chi connectivity index (χ0v) is 7.17. The van der Waals surface area contributed by atoms with Gasteiger partial charge >= 0.3 is 0 Å². The van der Waals surface area contributed by atoms with E-state index in [1.807, 2.05) is 13.0 Å². The molecule has 2 heteroatoms. The van der Waals surface area contributed by atoms with Crippen molar-refractivity contribution < 1.29 is 9.21 Å². The molecule has 0 amide bonds. The summed E-state index contributed by atoms with van der Waals surface area (Å²) in [7, 11) is 0. The average molecular weight is 164 g/mol. The van der Waals surface area contributed by atoms with Gasteiger partial charge in [-0.2, -0.15) is 0 Å². The summed E-state index contributed by atoms with van der Waals surface area (Å²) in [5, 5.41) is 0. The van der Waals surface area contributed by atoms with E-state index in [0.29, 0.717) is 12.3 Å². The molecule has 0 bridgehead atoms. The van der Waals surface area contributed by atoms with Gasteiger partial charge in [-0.3, -0.25) is 4.79 Å². The van der Waals surface area contributed by atoms with Gasteiger partial charge in [0.15, 0.2) is 5.78 Å². The van der Waals surface area contributed by atoms with Crippen molar-refractivity contribution in [3.05, 3.63) is 23.7 Å². The van der Waals surface area contributed by atoms with Crippen LogP contribution in [-0.4, -0.2) is 5.78 Å². The van der Waals surface area contributed by atoms with Crippen molar-refractivity contribution in [3.8, 4) is 0 Å². The first-order chi connectivity index (χ1) is 5.75. The molecule has 1 aliphatic carbocycles. The number of carbonyl (C=O) groups is 1. The van der Waals surface area contributed by atoms with Gasteiger partial charge in [0.05, 0.1) is 5.56 Å². The van der Waals surface area contributed by atoms with E-state index in [1.54, 1.807) is 6.26 Å². The van der Waals surface area contributed by atoms with Crippen LogP contribution in [0.1, 0.15) is 35.4 Å². The van der Waals surface area contributed by atoms with Crippen molar-refractivity contribution >= 4 is 5.78 Å². The van der Waals surface area contributed by atoms with E-state index in [4.69, 9.17) is 4.42 Å². The lowest BCUT2D eigenvalue weighted by Gasteiger charge is -1.92. The van der Waals surface area contributed by atoms with Crippen LogP contribution >= 0.6 is 0 Å². The van der Waals surface area contributed by atoms with Crippen LogP contribution in [0.5, 0.6) is 0 Å². The topological polar surface area (TPSA) is 30.2 Å². The van der Waals surface area contributed by atoms with Gasteiger partial charge in [0.25, 0.3) is 0 Å². The smallest absolute Gasteiger partial charge is 0.166 e. The maximum absolute atomic E-state index is 11.4. The lowest BCUT2D eigenvalue weighted by molar-refractivity contribution is 0.0975. The highest BCUT2D eigenvalue weighted by molar-refractivity contribution is 5.96. The molecule has 0 atom stereocenters. The van der Waals surface area contributed by atoms with E-state index in [0.717, 1.165) is 11.3 Å². The van der Waals surface area contributed by atoms with Crippen LogP contribution in [0.15, 0.2) is 16.7 Å². The fourth-order valence-corrected chi connectivity index (χ4v) is 1.29. The van der Waals surface area contributed by atoms with Crippen molar-refractivity contribution in [2.75, 3.05) is 0 Å². The van der Waals surface area contributed by atoms with E-state index in [-0.39, 0.29) is 5.78 Å². The number of rotatable bonds is 3.